The van der Waals surface area contributed by atoms with Gasteiger partial charge in [-0.15, -0.1) is 0 Å². The topological polar surface area (TPSA) is 35.5 Å². The monoisotopic (exact) mass is 202 g/mol. The van der Waals surface area contributed by atoms with Crippen LogP contribution in [0.2, 0.25) is 0 Å². The maximum absolute atomic E-state index is 10.7. The molecule has 0 aromatic rings. The van der Waals surface area contributed by atoms with Gasteiger partial charge in [0.15, 0.2) is 0 Å². The Bertz CT molecular complexity index is 145. The van der Waals surface area contributed by atoms with E-state index in [-0.39, 0.29) is 12.1 Å². The molecule has 0 aliphatic rings. The minimum absolute atomic E-state index is 0.0223. The van der Waals surface area contributed by atoms with Gasteiger partial charge in [0.2, 0.25) is 0 Å². The van der Waals surface area contributed by atoms with Crippen LogP contribution in [0.3, 0.4) is 0 Å². The molecule has 0 rings (SSSR count). The van der Waals surface area contributed by atoms with Gasteiger partial charge in [-0.05, 0) is 12.8 Å². The minimum atomic E-state index is -0.203. The average molecular weight is 202 g/mol. The number of carbonyl (C=O) groups excluding carboxylic acids is 1. The fourth-order valence-electron chi connectivity index (χ4n) is 1.14. The van der Waals surface area contributed by atoms with Crippen LogP contribution in [0.1, 0.15) is 46.5 Å². The van der Waals surface area contributed by atoms with Crippen LogP contribution in [-0.4, -0.2) is 25.3 Å². The van der Waals surface area contributed by atoms with E-state index in [0.29, 0.717) is 6.61 Å². The van der Waals surface area contributed by atoms with E-state index in [1.807, 2.05) is 6.92 Å². The van der Waals surface area contributed by atoms with Crippen molar-refractivity contribution < 1.29 is 14.3 Å². The third-order valence-electron chi connectivity index (χ3n) is 2.01. The minimum Gasteiger partial charge on any atom is -0.462 e. The molecule has 14 heavy (non-hydrogen) atoms. The van der Waals surface area contributed by atoms with Crippen molar-refractivity contribution >= 4 is 5.97 Å². The highest BCUT2D eigenvalue weighted by molar-refractivity contribution is 5.66. The zero-order valence-electron chi connectivity index (χ0n) is 9.54. The largest absolute Gasteiger partial charge is 0.462 e. The summed E-state index contributed by atoms with van der Waals surface area (Å²) in [6.07, 6.45) is 3.94. The number of unbranched alkanes of at least 4 members (excludes halogenated alkanes) is 1. The van der Waals surface area contributed by atoms with Crippen molar-refractivity contribution in [2.45, 2.75) is 52.6 Å². The van der Waals surface area contributed by atoms with Crippen LogP contribution in [-0.2, 0) is 14.3 Å². The predicted octanol–water partition coefficient (Wildman–Crippen LogP) is 2.53. The molecule has 0 heterocycles. The summed E-state index contributed by atoms with van der Waals surface area (Å²) in [5, 5.41) is 0. The Morgan fingerprint density at radius 3 is 2.50 bits per heavy atom. The second-order valence-corrected chi connectivity index (χ2v) is 3.39. The second kappa shape index (κ2) is 9.00. The molecule has 0 bridgehead atoms. The van der Waals surface area contributed by atoms with Crippen LogP contribution in [0.25, 0.3) is 0 Å². The molecule has 1 unspecified atom stereocenters. The van der Waals surface area contributed by atoms with Crippen LogP contribution in [0.4, 0.5) is 0 Å². The number of hydrogen-bond acceptors (Lipinski definition) is 3. The highest BCUT2D eigenvalue weighted by atomic mass is 16.5. The van der Waals surface area contributed by atoms with E-state index in [4.69, 9.17) is 9.47 Å². The average Bonchev–Trinajstić information content (AvgIpc) is 2.15. The number of hydrogen-bond donors (Lipinski definition) is 0. The normalized spacial score (nSPS) is 12.5. The summed E-state index contributed by atoms with van der Waals surface area (Å²) in [6.45, 7) is 7.09. The molecule has 3 heteroatoms. The number of carbonyl (C=O) groups is 1. The van der Waals surface area contributed by atoms with Crippen molar-refractivity contribution in [3.63, 3.8) is 0 Å². The summed E-state index contributed by atoms with van der Waals surface area (Å²) in [4.78, 5) is 10.7. The summed E-state index contributed by atoms with van der Waals surface area (Å²) in [6, 6.07) is 0. The maximum Gasteiger partial charge on any atom is 0.302 e. The summed E-state index contributed by atoms with van der Waals surface area (Å²) < 4.78 is 10.5. The first-order valence-electron chi connectivity index (χ1n) is 5.45. The summed E-state index contributed by atoms with van der Waals surface area (Å²) in [7, 11) is 0. The smallest absolute Gasteiger partial charge is 0.302 e. The highest BCUT2D eigenvalue weighted by Gasteiger charge is 2.08. The molecule has 0 N–H and O–H groups in total. The van der Waals surface area contributed by atoms with Gasteiger partial charge in [0.05, 0.1) is 6.61 Å². The van der Waals surface area contributed by atoms with Crippen molar-refractivity contribution in [3.8, 4) is 0 Å². The SMILES string of the molecule is CCCCOCCC(CC)OC(C)=O. The Morgan fingerprint density at radius 2 is 2.00 bits per heavy atom. The van der Waals surface area contributed by atoms with Gasteiger partial charge >= 0.3 is 5.97 Å². The first kappa shape index (κ1) is 13.4. The predicted molar refractivity (Wildman–Crippen MR) is 56.2 cm³/mol. The molecule has 1 atom stereocenters. The van der Waals surface area contributed by atoms with E-state index in [0.717, 1.165) is 32.3 Å². The quantitative estimate of drug-likeness (QED) is 0.448. The molecule has 0 fully saturated rings. The lowest BCUT2D eigenvalue weighted by molar-refractivity contribution is -0.147. The fraction of sp³-hybridized carbons (Fsp3) is 0.909. The van der Waals surface area contributed by atoms with E-state index in [9.17, 15) is 4.79 Å². The molecule has 0 saturated heterocycles. The van der Waals surface area contributed by atoms with Gasteiger partial charge in [0.1, 0.15) is 6.10 Å². The van der Waals surface area contributed by atoms with Crippen molar-refractivity contribution in [1.29, 1.82) is 0 Å². The van der Waals surface area contributed by atoms with Crippen LogP contribution in [0.15, 0.2) is 0 Å². The molecule has 0 aromatic carbocycles. The Labute approximate surface area is 86.8 Å². The van der Waals surface area contributed by atoms with E-state index < -0.39 is 0 Å². The molecular weight excluding hydrogens is 180 g/mol. The van der Waals surface area contributed by atoms with Crippen molar-refractivity contribution in [1.82, 2.24) is 0 Å². The zero-order valence-corrected chi connectivity index (χ0v) is 9.54. The molecule has 0 saturated carbocycles. The van der Waals surface area contributed by atoms with Gasteiger partial charge < -0.3 is 9.47 Å². The highest BCUT2D eigenvalue weighted by Crippen LogP contribution is 2.04. The molecular formula is C11H22O3. The summed E-state index contributed by atoms with van der Waals surface area (Å²) >= 11 is 0. The van der Waals surface area contributed by atoms with E-state index in [2.05, 4.69) is 6.92 Å². The van der Waals surface area contributed by atoms with Crippen LogP contribution in [0, 0.1) is 0 Å². The first-order valence-corrected chi connectivity index (χ1v) is 5.45. The molecule has 0 aliphatic heterocycles. The molecule has 3 nitrogen and oxygen atoms in total. The van der Waals surface area contributed by atoms with Crippen molar-refractivity contribution in [3.05, 3.63) is 0 Å². The van der Waals surface area contributed by atoms with Gasteiger partial charge in [0, 0.05) is 20.0 Å². The molecule has 84 valence electrons. The first-order chi connectivity index (χ1) is 6.70. The van der Waals surface area contributed by atoms with E-state index in [1.165, 1.54) is 6.92 Å². The standard InChI is InChI=1S/C11H22O3/c1-4-6-8-13-9-7-11(5-2)14-10(3)12/h11H,4-9H2,1-3H3. The Kier molecular flexibility index (Phi) is 8.64. The summed E-state index contributed by atoms with van der Waals surface area (Å²) in [5.41, 5.74) is 0. The Hall–Kier alpha value is -0.570. The van der Waals surface area contributed by atoms with Gasteiger partial charge in [0.25, 0.3) is 0 Å². The molecule has 0 radical (unpaired) electrons. The summed E-state index contributed by atoms with van der Waals surface area (Å²) in [5.74, 6) is -0.203. The number of ether oxygens (including phenoxy) is 2. The van der Waals surface area contributed by atoms with E-state index >= 15 is 0 Å². The van der Waals surface area contributed by atoms with E-state index in [1.54, 1.807) is 0 Å². The molecule has 0 aromatic heterocycles. The van der Waals surface area contributed by atoms with Crippen LogP contribution < -0.4 is 0 Å². The van der Waals surface area contributed by atoms with Gasteiger partial charge in [-0.1, -0.05) is 20.3 Å². The lowest BCUT2D eigenvalue weighted by atomic mass is 10.2. The molecule has 0 aliphatic carbocycles. The lowest BCUT2D eigenvalue weighted by Gasteiger charge is -2.14. The van der Waals surface area contributed by atoms with Crippen molar-refractivity contribution in [2.24, 2.45) is 0 Å². The zero-order chi connectivity index (χ0) is 10.8. The Balaban J connectivity index is 3.38. The van der Waals surface area contributed by atoms with Gasteiger partial charge in [-0.2, -0.15) is 0 Å². The van der Waals surface area contributed by atoms with Crippen molar-refractivity contribution in [2.75, 3.05) is 13.2 Å². The Morgan fingerprint density at radius 1 is 1.29 bits per heavy atom. The lowest BCUT2D eigenvalue weighted by Crippen LogP contribution is -2.17. The van der Waals surface area contributed by atoms with Gasteiger partial charge in [-0.3, -0.25) is 4.79 Å². The third kappa shape index (κ3) is 8.05. The molecule has 0 amide bonds. The third-order valence-corrected chi connectivity index (χ3v) is 2.01. The molecule has 0 spiro atoms. The van der Waals surface area contributed by atoms with Gasteiger partial charge in [-0.25, -0.2) is 0 Å². The van der Waals surface area contributed by atoms with Crippen LogP contribution in [0.5, 0.6) is 0 Å². The van der Waals surface area contributed by atoms with Crippen LogP contribution >= 0.6 is 0 Å². The second-order valence-electron chi connectivity index (χ2n) is 3.39. The number of esters is 1. The number of rotatable bonds is 8. The fourth-order valence-corrected chi connectivity index (χ4v) is 1.14. The maximum atomic E-state index is 10.7.